The van der Waals surface area contributed by atoms with Gasteiger partial charge >= 0.3 is 12.0 Å². The first-order chi connectivity index (χ1) is 12.5. The van der Waals surface area contributed by atoms with E-state index in [4.69, 9.17) is 4.74 Å². The van der Waals surface area contributed by atoms with Crippen molar-refractivity contribution >= 4 is 29.0 Å². The third-order valence-electron chi connectivity index (χ3n) is 3.86. The van der Waals surface area contributed by atoms with Crippen molar-refractivity contribution < 1.29 is 14.3 Å². The van der Waals surface area contributed by atoms with Gasteiger partial charge < -0.3 is 15.0 Å². The van der Waals surface area contributed by atoms with E-state index < -0.39 is 5.97 Å². The summed E-state index contributed by atoms with van der Waals surface area (Å²) >= 11 is 1.35. The molecule has 0 aliphatic heterocycles. The van der Waals surface area contributed by atoms with E-state index in [1.807, 2.05) is 39.0 Å². The number of carbonyl (C=O) groups excluding carboxylic acids is 2. The van der Waals surface area contributed by atoms with Crippen LogP contribution in [0.4, 0.5) is 10.5 Å². The van der Waals surface area contributed by atoms with Crippen LogP contribution in [0, 0.1) is 13.8 Å². The van der Waals surface area contributed by atoms with Crippen LogP contribution >= 0.6 is 11.3 Å². The number of urea groups is 1. The van der Waals surface area contributed by atoms with E-state index in [0.29, 0.717) is 30.4 Å². The van der Waals surface area contributed by atoms with Gasteiger partial charge in [0.25, 0.3) is 0 Å². The highest BCUT2D eigenvalue weighted by molar-refractivity contribution is 7.09. The summed E-state index contributed by atoms with van der Waals surface area (Å²) in [5.74, 6) is -0.433. The van der Waals surface area contributed by atoms with Crippen LogP contribution < -0.4 is 5.32 Å². The number of nitrogens with one attached hydrogen (secondary N) is 1. The molecule has 0 aliphatic rings. The summed E-state index contributed by atoms with van der Waals surface area (Å²) in [6, 6.07) is 5.74. The number of hydrogen-bond donors (Lipinski definition) is 1. The predicted octanol–water partition coefficient (Wildman–Crippen LogP) is 4.38. The number of rotatable bonds is 7. The molecule has 0 atom stereocenters. The quantitative estimate of drug-likeness (QED) is 0.729. The van der Waals surface area contributed by atoms with Gasteiger partial charge in [0.1, 0.15) is 5.01 Å². The number of amides is 2. The number of ether oxygens (including phenoxy) is 1. The molecule has 0 unspecified atom stereocenters. The van der Waals surface area contributed by atoms with Gasteiger partial charge in [-0.3, -0.25) is 0 Å². The number of nitrogens with zero attached hydrogens (tertiary/aromatic N) is 2. The minimum atomic E-state index is -0.433. The van der Waals surface area contributed by atoms with Gasteiger partial charge in [-0.05, 0) is 38.3 Å². The molecule has 1 aromatic carbocycles. The summed E-state index contributed by atoms with van der Waals surface area (Å²) in [7, 11) is 0. The molecule has 0 saturated heterocycles. The predicted molar refractivity (Wildman–Crippen MR) is 104 cm³/mol. The largest absolute Gasteiger partial charge is 0.461 e. The molecule has 1 aromatic heterocycles. The van der Waals surface area contributed by atoms with Gasteiger partial charge in [0, 0.05) is 17.6 Å². The number of hydrogen-bond acceptors (Lipinski definition) is 5. The van der Waals surface area contributed by atoms with Gasteiger partial charge in [-0.1, -0.05) is 25.1 Å². The van der Waals surface area contributed by atoms with E-state index >= 15 is 0 Å². The van der Waals surface area contributed by atoms with Crippen molar-refractivity contribution in [3.05, 3.63) is 45.4 Å². The van der Waals surface area contributed by atoms with Gasteiger partial charge in [0.05, 0.1) is 13.2 Å². The molecule has 1 heterocycles. The second-order valence-corrected chi connectivity index (χ2v) is 6.91. The molecule has 1 N–H and O–H groups in total. The lowest BCUT2D eigenvalue weighted by Gasteiger charge is -2.22. The second kappa shape index (κ2) is 9.33. The maximum Gasteiger partial charge on any atom is 0.357 e. The summed E-state index contributed by atoms with van der Waals surface area (Å²) in [5, 5.41) is 5.38. The molecule has 7 heteroatoms. The minimum absolute atomic E-state index is 0.169. The fourth-order valence-electron chi connectivity index (χ4n) is 2.57. The molecule has 26 heavy (non-hydrogen) atoms. The highest BCUT2D eigenvalue weighted by Crippen LogP contribution is 2.21. The minimum Gasteiger partial charge on any atom is -0.461 e. The van der Waals surface area contributed by atoms with Crippen LogP contribution in [0.3, 0.4) is 0 Å². The smallest absolute Gasteiger partial charge is 0.357 e. The number of benzene rings is 1. The summed E-state index contributed by atoms with van der Waals surface area (Å²) in [4.78, 5) is 30.5. The Morgan fingerprint density at radius 1 is 1.23 bits per heavy atom. The van der Waals surface area contributed by atoms with Crippen LogP contribution in [0.25, 0.3) is 0 Å². The summed E-state index contributed by atoms with van der Waals surface area (Å²) in [6.07, 6.45) is 0.830. The molecule has 0 saturated carbocycles. The van der Waals surface area contributed by atoms with Crippen LogP contribution in [-0.4, -0.2) is 35.0 Å². The first-order valence-electron chi connectivity index (χ1n) is 8.69. The third-order valence-corrected chi connectivity index (χ3v) is 4.69. The van der Waals surface area contributed by atoms with Gasteiger partial charge in [-0.25, -0.2) is 14.6 Å². The average Bonchev–Trinajstić information content (AvgIpc) is 3.07. The maximum absolute atomic E-state index is 12.8. The zero-order valence-electron chi connectivity index (χ0n) is 15.7. The Balaban J connectivity index is 2.10. The molecule has 140 valence electrons. The van der Waals surface area contributed by atoms with Gasteiger partial charge in [0.2, 0.25) is 0 Å². The van der Waals surface area contributed by atoms with E-state index in [-0.39, 0.29) is 6.03 Å². The van der Waals surface area contributed by atoms with Crippen molar-refractivity contribution in [2.45, 2.75) is 40.7 Å². The van der Waals surface area contributed by atoms with Crippen molar-refractivity contribution in [1.82, 2.24) is 9.88 Å². The van der Waals surface area contributed by atoms with E-state index in [1.54, 1.807) is 17.2 Å². The van der Waals surface area contributed by atoms with Crippen molar-refractivity contribution in [2.24, 2.45) is 0 Å². The number of carbonyl (C=O) groups is 2. The van der Waals surface area contributed by atoms with Crippen molar-refractivity contribution in [3.63, 3.8) is 0 Å². The molecule has 2 aromatic rings. The summed E-state index contributed by atoms with van der Waals surface area (Å²) in [5.41, 5.74) is 3.17. The number of para-hydroxylation sites is 1. The van der Waals surface area contributed by atoms with Crippen molar-refractivity contribution in [1.29, 1.82) is 0 Å². The van der Waals surface area contributed by atoms with Crippen LogP contribution in [0.5, 0.6) is 0 Å². The zero-order chi connectivity index (χ0) is 19.1. The fourth-order valence-corrected chi connectivity index (χ4v) is 3.34. The SMILES string of the molecule is CCCN(Cc1nc(C(=O)OCC)cs1)C(=O)Nc1c(C)cccc1C. The third kappa shape index (κ3) is 5.05. The Bertz CT molecular complexity index is 753. The lowest BCUT2D eigenvalue weighted by atomic mass is 10.1. The number of esters is 1. The van der Waals surface area contributed by atoms with Crippen molar-refractivity contribution in [3.8, 4) is 0 Å². The lowest BCUT2D eigenvalue weighted by molar-refractivity contribution is 0.0520. The molecule has 0 fully saturated rings. The molecule has 0 radical (unpaired) electrons. The fraction of sp³-hybridized carbons (Fsp3) is 0.421. The number of thiazole rings is 1. The number of aryl methyl sites for hydroxylation is 2. The lowest BCUT2D eigenvalue weighted by Crippen LogP contribution is -2.35. The first kappa shape index (κ1) is 19.9. The monoisotopic (exact) mass is 375 g/mol. The van der Waals surface area contributed by atoms with Crippen LogP contribution in [0.15, 0.2) is 23.6 Å². The molecule has 0 spiro atoms. The molecule has 2 amide bonds. The Kier molecular flexibility index (Phi) is 7.15. The molecular formula is C19H25N3O3S. The summed E-state index contributed by atoms with van der Waals surface area (Å²) in [6.45, 7) is 8.99. The number of aromatic nitrogens is 1. The van der Waals surface area contributed by atoms with Crippen LogP contribution in [0.1, 0.15) is 46.9 Å². The molecular weight excluding hydrogens is 350 g/mol. The Morgan fingerprint density at radius 3 is 2.54 bits per heavy atom. The van der Waals surface area contributed by atoms with Crippen molar-refractivity contribution in [2.75, 3.05) is 18.5 Å². The van der Waals surface area contributed by atoms with Gasteiger partial charge in [-0.15, -0.1) is 11.3 Å². The van der Waals surface area contributed by atoms with Gasteiger partial charge in [0.15, 0.2) is 5.69 Å². The molecule has 0 aliphatic carbocycles. The highest BCUT2D eigenvalue weighted by atomic mass is 32.1. The van der Waals surface area contributed by atoms with Crippen LogP contribution in [0.2, 0.25) is 0 Å². The summed E-state index contributed by atoms with van der Waals surface area (Å²) < 4.78 is 4.96. The van der Waals surface area contributed by atoms with E-state index in [0.717, 1.165) is 23.2 Å². The van der Waals surface area contributed by atoms with Crippen LogP contribution in [-0.2, 0) is 11.3 Å². The molecule has 6 nitrogen and oxygen atoms in total. The first-order valence-corrected chi connectivity index (χ1v) is 9.57. The number of anilines is 1. The van der Waals surface area contributed by atoms with E-state index in [2.05, 4.69) is 10.3 Å². The average molecular weight is 375 g/mol. The molecule has 0 bridgehead atoms. The Hall–Kier alpha value is -2.41. The Morgan fingerprint density at radius 2 is 1.92 bits per heavy atom. The van der Waals surface area contributed by atoms with Gasteiger partial charge in [-0.2, -0.15) is 0 Å². The maximum atomic E-state index is 12.8. The highest BCUT2D eigenvalue weighted by Gasteiger charge is 2.18. The normalized spacial score (nSPS) is 10.5. The van der Waals surface area contributed by atoms with E-state index in [1.165, 1.54) is 11.3 Å². The standard InChI is InChI=1S/C19H25N3O3S/c1-5-10-22(11-16-20-15(12-26-16)18(23)25-6-2)19(24)21-17-13(3)8-7-9-14(17)4/h7-9,12H,5-6,10-11H2,1-4H3,(H,21,24). The van der Waals surface area contributed by atoms with E-state index in [9.17, 15) is 9.59 Å². The topological polar surface area (TPSA) is 71.5 Å². The molecule has 2 rings (SSSR count). The Labute approximate surface area is 158 Å². The second-order valence-electron chi connectivity index (χ2n) is 5.97. The zero-order valence-corrected chi connectivity index (χ0v) is 16.5.